The fraction of sp³-hybridized carbons (Fsp3) is 0.357. The van der Waals surface area contributed by atoms with Crippen molar-refractivity contribution in [1.82, 2.24) is 10.5 Å². The summed E-state index contributed by atoms with van der Waals surface area (Å²) < 4.78 is 44.7. The van der Waals surface area contributed by atoms with Crippen LogP contribution in [0.3, 0.4) is 0 Å². The molecular weight excluding hydrogens is 285 g/mol. The van der Waals surface area contributed by atoms with E-state index < -0.39 is 17.5 Å². The van der Waals surface area contributed by atoms with Gasteiger partial charge < -0.3 is 9.84 Å². The molecule has 1 aromatic heterocycles. The average molecular weight is 298 g/mol. The Hall–Kier alpha value is -2.02. The summed E-state index contributed by atoms with van der Waals surface area (Å²) in [4.78, 5) is 11.1. The van der Waals surface area contributed by atoms with Gasteiger partial charge in [0.05, 0.1) is 0 Å². The van der Waals surface area contributed by atoms with Gasteiger partial charge >= 0.3 is 0 Å². The van der Waals surface area contributed by atoms with Gasteiger partial charge in [-0.1, -0.05) is 0 Å². The highest BCUT2D eigenvalue weighted by Gasteiger charge is 2.27. The van der Waals surface area contributed by atoms with Crippen LogP contribution in [-0.2, 0) is 0 Å². The number of halogens is 3. The van der Waals surface area contributed by atoms with E-state index >= 15 is 0 Å². The molecule has 1 saturated heterocycles. The molecule has 0 amide bonds. The zero-order valence-corrected chi connectivity index (χ0v) is 11.0. The van der Waals surface area contributed by atoms with Crippen molar-refractivity contribution in [2.45, 2.75) is 24.8 Å². The van der Waals surface area contributed by atoms with Gasteiger partial charge in [0, 0.05) is 18.0 Å². The first kappa shape index (κ1) is 13.9. The van der Waals surface area contributed by atoms with E-state index in [2.05, 4.69) is 10.5 Å². The van der Waals surface area contributed by atoms with Crippen LogP contribution in [0.5, 0.6) is 0 Å². The summed E-state index contributed by atoms with van der Waals surface area (Å²) in [5.74, 6) is -3.40. The van der Waals surface area contributed by atoms with E-state index in [1.165, 1.54) is 6.07 Å². The van der Waals surface area contributed by atoms with Gasteiger partial charge in [0.25, 0.3) is 5.56 Å². The van der Waals surface area contributed by atoms with Crippen molar-refractivity contribution in [2.75, 3.05) is 6.54 Å². The minimum Gasteiger partial charge on any atom is -0.383 e. The molecule has 0 aliphatic carbocycles. The third-order valence-corrected chi connectivity index (χ3v) is 3.76. The Kier molecular flexibility index (Phi) is 3.59. The van der Waals surface area contributed by atoms with Crippen molar-refractivity contribution >= 4 is 0 Å². The molecule has 0 bridgehead atoms. The van der Waals surface area contributed by atoms with Crippen LogP contribution >= 0.6 is 0 Å². The fourth-order valence-electron chi connectivity index (χ4n) is 2.70. The van der Waals surface area contributed by atoms with Crippen molar-refractivity contribution < 1.29 is 17.7 Å². The molecule has 0 saturated carbocycles. The van der Waals surface area contributed by atoms with Crippen LogP contribution in [0, 0.1) is 17.5 Å². The molecule has 21 heavy (non-hydrogen) atoms. The maximum Gasteiger partial charge on any atom is 0.280 e. The highest BCUT2D eigenvalue weighted by Crippen LogP contribution is 2.34. The largest absolute Gasteiger partial charge is 0.383 e. The topological polar surface area (TPSA) is 58.0 Å². The molecular formula is C14H13F3N2O2. The molecule has 1 aliphatic rings. The van der Waals surface area contributed by atoms with Gasteiger partial charge in [0.1, 0.15) is 5.76 Å². The van der Waals surface area contributed by atoms with Gasteiger partial charge in [-0.3, -0.25) is 4.79 Å². The van der Waals surface area contributed by atoms with Crippen LogP contribution < -0.4 is 10.9 Å². The van der Waals surface area contributed by atoms with E-state index in [0.717, 1.165) is 18.6 Å². The molecule has 2 aromatic rings. The maximum absolute atomic E-state index is 13.3. The first-order valence-corrected chi connectivity index (χ1v) is 6.61. The second-order valence-electron chi connectivity index (χ2n) is 5.14. The van der Waals surface area contributed by atoms with Crippen LogP contribution in [-0.4, -0.2) is 11.7 Å². The second-order valence-corrected chi connectivity index (χ2v) is 5.14. The molecule has 0 radical (unpaired) electrons. The van der Waals surface area contributed by atoms with Crippen LogP contribution in [0.1, 0.15) is 36.1 Å². The molecule has 112 valence electrons. The Labute approximate surface area is 117 Å². The third kappa shape index (κ3) is 2.73. The average Bonchev–Trinajstić information content (AvgIpc) is 2.91. The monoisotopic (exact) mass is 298 g/mol. The van der Waals surface area contributed by atoms with E-state index in [1.54, 1.807) is 0 Å². The summed E-state index contributed by atoms with van der Waals surface area (Å²) in [5, 5.41) is 5.36. The quantitative estimate of drug-likeness (QED) is 0.838. The van der Waals surface area contributed by atoms with Gasteiger partial charge in [-0.2, -0.15) is 5.16 Å². The van der Waals surface area contributed by atoms with Crippen LogP contribution in [0.2, 0.25) is 0 Å². The van der Waals surface area contributed by atoms with Crippen molar-refractivity contribution in [1.29, 1.82) is 0 Å². The molecule has 0 spiro atoms. The molecule has 3 rings (SSSR count). The van der Waals surface area contributed by atoms with E-state index in [4.69, 9.17) is 4.52 Å². The highest BCUT2D eigenvalue weighted by molar-refractivity contribution is 5.24. The third-order valence-electron chi connectivity index (χ3n) is 3.76. The normalized spacial score (nSPS) is 22.4. The van der Waals surface area contributed by atoms with Gasteiger partial charge in [0.15, 0.2) is 17.5 Å². The lowest BCUT2D eigenvalue weighted by Crippen LogP contribution is -2.31. The standard InChI is InChI=1S/C14H13F3N2O2/c15-9-3-8(4-10(16)14(9)17)11-5-7(1-2-18-11)12-6-13(20)19-21-12/h3-4,6-7,11,18H,1-2,5H2,(H,19,20)/t7-,11-/m1/s1. The number of H-pyrrole nitrogens is 1. The summed E-state index contributed by atoms with van der Waals surface area (Å²) in [6.45, 7) is 0.602. The smallest absolute Gasteiger partial charge is 0.280 e. The Balaban J connectivity index is 1.84. The van der Waals surface area contributed by atoms with Crippen molar-refractivity contribution in [3.63, 3.8) is 0 Å². The Morgan fingerprint density at radius 3 is 2.48 bits per heavy atom. The summed E-state index contributed by atoms with van der Waals surface area (Å²) in [6, 6.07) is 3.03. The predicted octanol–water partition coefficient (Wildman–Crippen LogP) is 2.59. The number of hydrogen-bond acceptors (Lipinski definition) is 3. The summed E-state index contributed by atoms with van der Waals surface area (Å²) in [6.07, 6.45) is 1.24. The molecule has 1 aromatic carbocycles. The van der Waals surface area contributed by atoms with Crippen molar-refractivity contribution in [3.8, 4) is 0 Å². The Morgan fingerprint density at radius 1 is 1.14 bits per heavy atom. The fourth-order valence-corrected chi connectivity index (χ4v) is 2.70. The highest BCUT2D eigenvalue weighted by atomic mass is 19.2. The number of nitrogens with one attached hydrogen (secondary N) is 2. The lowest BCUT2D eigenvalue weighted by Gasteiger charge is -2.29. The number of rotatable bonds is 2. The summed E-state index contributed by atoms with van der Waals surface area (Å²) >= 11 is 0. The number of aromatic nitrogens is 1. The molecule has 1 fully saturated rings. The zero-order chi connectivity index (χ0) is 15.0. The molecule has 1 aliphatic heterocycles. The molecule has 0 unspecified atom stereocenters. The van der Waals surface area contributed by atoms with E-state index in [9.17, 15) is 18.0 Å². The van der Waals surface area contributed by atoms with Crippen molar-refractivity contribution in [2.24, 2.45) is 0 Å². The van der Waals surface area contributed by atoms with E-state index in [1.807, 2.05) is 0 Å². The van der Waals surface area contributed by atoms with Gasteiger partial charge in [-0.15, -0.1) is 0 Å². The van der Waals surface area contributed by atoms with Gasteiger partial charge in [0.2, 0.25) is 0 Å². The van der Waals surface area contributed by atoms with Crippen molar-refractivity contribution in [3.05, 3.63) is 57.3 Å². The van der Waals surface area contributed by atoms with E-state index in [0.29, 0.717) is 24.3 Å². The SMILES string of the molecule is O=c1cc([C@@H]2CCN[C@@H](c3cc(F)c(F)c(F)c3)C2)o[nH]1. The van der Waals surface area contributed by atoms with Gasteiger partial charge in [-0.05, 0) is 37.1 Å². The zero-order valence-electron chi connectivity index (χ0n) is 11.0. The lowest BCUT2D eigenvalue weighted by molar-refractivity contribution is 0.294. The molecule has 2 N–H and O–H groups in total. The second kappa shape index (κ2) is 5.40. The van der Waals surface area contributed by atoms with Gasteiger partial charge in [-0.25, -0.2) is 13.2 Å². The van der Waals surface area contributed by atoms with E-state index in [-0.39, 0.29) is 17.5 Å². The van der Waals surface area contributed by atoms with Crippen LogP contribution in [0.4, 0.5) is 13.2 Å². The number of hydrogen-bond donors (Lipinski definition) is 2. The predicted molar refractivity (Wildman–Crippen MR) is 68.4 cm³/mol. The first-order chi connectivity index (χ1) is 10.0. The summed E-state index contributed by atoms with van der Waals surface area (Å²) in [5.41, 5.74) is 0.0212. The molecule has 4 nitrogen and oxygen atoms in total. The van der Waals surface area contributed by atoms with Crippen LogP contribution in [0.15, 0.2) is 27.5 Å². The first-order valence-electron chi connectivity index (χ1n) is 6.61. The Morgan fingerprint density at radius 2 is 1.86 bits per heavy atom. The minimum atomic E-state index is -1.47. The number of piperidine rings is 1. The number of benzene rings is 1. The maximum atomic E-state index is 13.3. The Bertz CT molecular complexity index is 687. The summed E-state index contributed by atoms with van der Waals surface area (Å²) in [7, 11) is 0. The minimum absolute atomic E-state index is 0.0358. The molecule has 7 heteroatoms. The molecule has 2 heterocycles. The number of aromatic amines is 1. The van der Waals surface area contributed by atoms with Crippen LogP contribution in [0.25, 0.3) is 0 Å². The molecule has 2 atom stereocenters. The lowest BCUT2D eigenvalue weighted by atomic mass is 9.87.